The van der Waals surface area contributed by atoms with Crippen LogP contribution in [0.2, 0.25) is 0 Å². The van der Waals surface area contributed by atoms with Gasteiger partial charge in [0, 0.05) is 31.7 Å². The van der Waals surface area contributed by atoms with Crippen LogP contribution in [-0.2, 0) is 13.1 Å². The van der Waals surface area contributed by atoms with Crippen molar-refractivity contribution in [2.24, 2.45) is 0 Å². The van der Waals surface area contributed by atoms with Gasteiger partial charge in [0.15, 0.2) is 0 Å². The quantitative estimate of drug-likeness (QED) is 0.877. The lowest BCUT2D eigenvalue weighted by Crippen LogP contribution is -2.25. The molecule has 1 heterocycles. The molecule has 1 atom stereocenters. The predicted octanol–water partition coefficient (Wildman–Crippen LogP) is 2.05. The number of benzene rings is 2. The molecule has 3 rings (SSSR count). The van der Waals surface area contributed by atoms with Crippen molar-refractivity contribution in [3.8, 4) is 6.07 Å². The number of hydrogen-bond acceptors (Lipinski definition) is 4. The van der Waals surface area contributed by atoms with E-state index in [1.54, 1.807) is 24.3 Å². The second-order valence-electron chi connectivity index (χ2n) is 6.32. The average Bonchev–Trinajstić information content (AvgIpc) is 3.05. The van der Waals surface area contributed by atoms with Crippen molar-refractivity contribution in [3.63, 3.8) is 0 Å². The number of carbonyl (C=O) groups is 1. The van der Waals surface area contributed by atoms with Crippen LogP contribution in [0.3, 0.4) is 0 Å². The molecule has 5 nitrogen and oxygen atoms in total. The molecule has 1 unspecified atom stereocenters. The zero-order valence-electron chi connectivity index (χ0n) is 14.0. The van der Waals surface area contributed by atoms with E-state index in [0.29, 0.717) is 24.2 Å². The number of amides is 1. The fourth-order valence-electron chi connectivity index (χ4n) is 3.05. The van der Waals surface area contributed by atoms with E-state index < -0.39 is 0 Å². The molecule has 2 aromatic rings. The molecule has 128 valence electrons. The molecule has 1 saturated heterocycles. The van der Waals surface area contributed by atoms with Gasteiger partial charge in [0.25, 0.3) is 5.91 Å². The lowest BCUT2D eigenvalue weighted by molar-refractivity contribution is 0.0951. The normalized spacial score (nSPS) is 17.2. The maximum atomic E-state index is 12.3. The van der Waals surface area contributed by atoms with E-state index in [1.165, 1.54) is 0 Å². The van der Waals surface area contributed by atoms with Crippen molar-refractivity contribution < 1.29 is 9.90 Å². The Hall–Kier alpha value is -2.68. The van der Waals surface area contributed by atoms with Crippen LogP contribution in [0, 0.1) is 11.3 Å². The summed E-state index contributed by atoms with van der Waals surface area (Å²) < 4.78 is 0. The first-order chi connectivity index (χ1) is 12.2. The van der Waals surface area contributed by atoms with E-state index >= 15 is 0 Å². The molecule has 0 spiro atoms. The maximum Gasteiger partial charge on any atom is 0.251 e. The average molecular weight is 335 g/mol. The summed E-state index contributed by atoms with van der Waals surface area (Å²) in [5.41, 5.74) is 3.32. The van der Waals surface area contributed by atoms with E-state index in [0.717, 1.165) is 30.6 Å². The highest BCUT2D eigenvalue weighted by Gasteiger charge is 2.20. The lowest BCUT2D eigenvalue weighted by atomic mass is 10.1. The number of likely N-dealkylation sites (tertiary alicyclic amines) is 1. The Kier molecular flexibility index (Phi) is 5.44. The van der Waals surface area contributed by atoms with E-state index in [4.69, 9.17) is 5.26 Å². The number of nitrogens with one attached hydrogen (secondary N) is 1. The summed E-state index contributed by atoms with van der Waals surface area (Å²) in [7, 11) is 0. The number of nitriles is 1. The zero-order valence-corrected chi connectivity index (χ0v) is 14.0. The molecule has 2 aromatic carbocycles. The van der Waals surface area contributed by atoms with Crippen LogP contribution in [-0.4, -0.2) is 35.1 Å². The van der Waals surface area contributed by atoms with Crippen LogP contribution in [0.15, 0.2) is 48.5 Å². The van der Waals surface area contributed by atoms with Crippen LogP contribution >= 0.6 is 0 Å². The Bertz CT molecular complexity index is 780. The number of aliphatic hydroxyl groups is 1. The van der Waals surface area contributed by atoms with E-state index in [9.17, 15) is 9.90 Å². The van der Waals surface area contributed by atoms with Gasteiger partial charge in [-0.3, -0.25) is 9.69 Å². The van der Waals surface area contributed by atoms with E-state index in [1.807, 2.05) is 24.3 Å². The van der Waals surface area contributed by atoms with Crippen molar-refractivity contribution >= 4 is 5.91 Å². The highest BCUT2D eigenvalue weighted by molar-refractivity contribution is 5.94. The number of aliphatic hydroxyl groups excluding tert-OH is 1. The second kappa shape index (κ2) is 7.93. The predicted molar refractivity (Wildman–Crippen MR) is 94.7 cm³/mol. The molecule has 0 aromatic heterocycles. The van der Waals surface area contributed by atoms with Crippen LogP contribution in [0.5, 0.6) is 0 Å². The van der Waals surface area contributed by atoms with Crippen molar-refractivity contribution in [2.75, 3.05) is 13.1 Å². The second-order valence-corrected chi connectivity index (χ2v) is 6.32. The monoisotopic (exact) mass is 335 g/mol. The summed E-state index contributed by atoms with van der Waals surface area (Å²) in [6, 6.07) is 16.7. The third-order valence-corrected chi connectivity index (χ3v) is 4.48. The highest BCUT2D eigenvalue weighted by Crippen LogP contribution is 2.16. The summed E-state index contributed by atoms with van der Waals surface area (Å²) in [6.07, 6.45) is 0.584. The van der Waals surface area contributed by atoms with Gasteiger partial charge < -0.3 is 10.4 Å². The maximum absolute atomic E-state index is 12.3. The topological polar surface area (TPSA) is 76.4 Å². The Labute approximate surface area is 147 Å². The lowest BCUT2D eigenvalue weighted by Gasteiger charge is -2.18. The third kappa shape index (κ3) is 4.44. The first-order valence-electron chi connectivity index (χ1n) is 8.41. The Morgan fingerprint density at radius 3 is 2.56 bits per heavy atom. The molecule has 1 aliphatic rings. The van der Waals surface area contributed by atoms with Crippen molar-refractivity contribution in [1.82, 2.24) is 10.2 Å². The largest absolute Gasteiger partial charge is 0.392 e. The minimum absolute atomic E-state index is 0.157. The molecule has 0 bridgehead atoms. The van der Waals surface area contributed by atoms with Crippen molar-refractivity contribution in [1.29, 1.82) is 5.26 Å². The van der Waals surface area contributed by atoms with E-state index in [2.05, 4.69) is 16.3 Å². The standard InChI is InChI=1S/C20H21N3O2/c21-11-15-5-7-16(8-6-15)20(25)22-12-17-3-1-2-4-18(17)13-23-10-9-19(24)14-23/h1-8,19,24H,9-10,12-14H2,(H,22,25). The fourth-order valence-corrected chi connectivity index (χ4v) is 3.05. The number of rotatable bonds is 5. The summed E-state index contributed by atoms with van der Waals surface area (Å²) in [6.45, 7) is 2.82. The van der Waals surface area contributed by atoms with Gasteiger partial charge >= 0.3 is 0 Å². The molecule has 1 aliphatic heterocycles. The number of carbonyl (C=O) groups excluding carboxylic acids is 1. The summed E-state index contributed by atoms with van der Waals surface area (Å²) in [5, 5.41) is 21.4. The van der Waals surface area contributed by atoms with Crippen LogP contribution in [0.4, 0.5) is 0 Å². The van der Waals surface area contributed by atoms with Gasteiger partial charge in [0.05, 0.1) is 17.7 Å². The van der Waals surface area contributed by atoms with Gasteiger partial charge in [0.2, 0.25) is 0 Å². The first kappa shape index (κ1) is 17.2. The van der Waals surface area contributed by atoms with E-state index in [-0.39, 0.29) is 12.0 Å². The molecular weight excluding hydrogens is 314 g/mol. The molecule has 0 aliphatic carbocycles. The minimum Gasteiger partial charge on any atom is -0.392 e. The molecule has 1 fully saturated rings. The Morgan fingerprint density at radius 1 is 1.20 bits per heavy atom. The Morgan fingerprint density at radius 2 is 1.92 bits per heavy atom. The molecule has 0 radical (unpaired) electrons. The summed E-state index contributed by atoms with van der Waals surface area (Å²) in [4.78, 5) is 14.5. The van der Waals surface area contributed by atoms with Crippen molar-refractivity contribution in [2.45, 2.75) is 25.6 Å². The molecular formula is C20H21N3O2. The number of β-amino-alcohol motifs (C(OH)–C–C–N with tert-alkyl or cyclic N) is 1. The third-order valence-electron chi connectivity index (χ3n) is 4.48. The van der Waals surface area contributed by atoms with Crippen LogP contribution in [0.25, 0.3) is 0 Å². The fraction of sp³-hybridized carbons (Fsp3) is 0.300. The number of nitrogens with zero attached hydrogens (tertiary/aromatic N) is 2. The van der Waals surface area contributed by atoms with Gasteiger partial charge in [-0.1, -0.05) is 24.3 Å². The Balaban J connectivity index is 1.62. The van der Waals surface area contributed by atoms with Crippen molar-refractivity contribution in [3.05, 3.63) is 70.8 Å². The van der Waals surface area contributed by atoms with Gasteiger partial charge in [-0.2, -0.15) is 5.26 Å². The summed E-state index contributed by atoms with van der Waals surface area (Å²) in [5.74, 6) is -0.157. The highest BCUT2D eigenvalue weighted by atomic mass is 16.3. The molecule has 0 saturated carbocycles. The summed E-state index contributed by atoms with van der Waals surface area (Å²) >= 11 is 0. The van der Waals surface area contributed by atoms with Gasteiger partial charge in [-0.05, 0) is 41.8 Å². The van der Waals surface area contributed by atoms with Gasteiger partial charge in [-0.15, -0.1) is 0 Å². The molecule has 5 heteroatoms. The SMILES string of the molecule is N#Cc1ccc(C(=O)NCc2ccccc2CN2CCC(O)C2)cc1. The molecule has 2 N–H and O–H groups in total. The molecule has 1 amide bonds. The zero-order chi connectivity index (χ0) is 17.6. The van der Waals surface area contributed by atoms with Crippen LogP contribution in [0.1, 0.15) is 33.5 Å². The smallest absolute Gasteiger partial charge is 0.251 e. The minimum atomic E-state index is -0.233. The molecule has 25 heavy (non-hydrogen) atoms. The van der Waals surface area contributed by atoms with Crippen LogP contribution < -0.4 is 5.32 Å². The first-order valence-corrected chi connectivity index (χ1v) is 8.41. The van der Waals surface area contributed by atoms with Gasteiger partial charge in [-0.25, -0.2) is 0 Å². The van der Waals surface area contributed by atoms with Gasteiger partial charge in [0.1, 0.15) is 0 Å². The number of hydrogen-bond donors (Lipinski definition) is 2.